The molecule has 1 aromatic rings. The summed E-state index contributed by atoms with van der Waals surface area (Å²) in [5.41, 5.74) is 0.0489. The Balaban J connectivity index is 2.94. The smallest absolute Gasteiger partial charge is 0.408 e. The fourth-order valence-electron chi connectivity index (χ4n) is 3.43. The fraction of sp³-hybridized carbons (Fsp3) is 0.615. The van der Waals surface area contributed by atoms with Gasteiger partial charge in [0.2, 0.25) is 11.8 Å². The number of hydrogen-bond donors (Lipinski definition) is 4. The summed E-state index contributed by atoms with van der Waals surface area (Å²) in [4.78, 5) is 50.1. The van der Waals surface area contributed by atoms with Gasteiger partial charge in [-0.05, 0) is 69.6 Å². The lowest BCUT2D eigenvalue weighted by Gasteiger charge is -2.27. The van der Waals surface area contributed by atoms with Crippen LogP contribution in [0.15, 0.2) is 24.3 Å². The fourth-order valence-corrected chi connectivity index (χ4v) is 3.43. The zero-order valence-corrected chi connectivity index (χ0v) is 21.9. The van der Waals surface area contributed by atoms with E-state index in [1.165, 1.54) is 12.1 Å². The van der Waals surface area contributed by atoms with Crippen molar-refractivity contribution in [2.45, 2.75) is 91.5 Å². The maximum atomic E-state index is 13.1. The maximum Gasteiger partial charge on any atom is 0.408 e. The molecule has 0 aliphatic heterocycles. The molecule has 35 heavy (non-hydrogen) atoms. The third kappa shape index (κ3) is 12.2. The van der Waals surface area contributed by atoms with Crippen molar-refractivity contribution in [3.05, 3.63) is 29.8 Å². The highest BCUT2D eigenvalue weighted by Crippen LogP contribution is 2.13. The first kappa shape index (κ1) is 29.9. The van der Waals surface area contributed by atoms with E-state index in [2.05, 4.69) is 16.0 Å². The van der Waals surface area contributed by atoms with Gasteiger partial charge in [-0.2, -0.15) is 0 Å². The standard InChI is InChI=1S/C26H41N3O6/c1-16(2)12-21(23(32)27-19(15-30)14-18-8-10-20(31)11-9-18)28-24(33)22(13-17(3)4)29-25(34)35-26(5,6)7/h8-11,15-17,19,21-22,31H,12-14H2,1-7H3,(H,27,32)(H,28,33)(H,29,34)/t19-,21?,22-/m0/s1. The van der Waals surface area contributed by atoms with Gasteiger partial charge in [0.1, 0.15) is 29.7 Å². The molecule has 0 saturated heterocycles. The quantitative estimate of drug-likeness (QED) is 0.332. The van der Waals surface area contributed by atoms with E-state index in [1.807, 2.05) is 27.7 Å². The minimum Gasteiger partial charge on any atom is -0.508 e. The zero-order valence-electron chi connectivity index (χ0n) is 21.9. The van der Waals surface area contributed by atoms with E-state index < -0.39 is 41.6 Å². The minimum absolute atomic E-state index is 0.0835. The summed E-state index contributed by atoms with van der Waals surface area (Å²) in [6.45, 7) is 12.9. The average Bonchev–Trinajstić information content (AvgIpc) is 2.71. The number of hydrogen-bond acceptors (Lipinski definition) is 6. The van der Waals surface area contributed by atoms with Crippen molar-refractivity contribution in [3.8, 4) is 5.75 Å². The summed E-state index contributed by atoms with van der Waals surface area (Å²) in [5, 5.41) is 17.5. The summed E-state index contributed by atoms with van der Waals surface area (Å²) in [7, 11) is 0. The van der Waals surface area contributed by atoms with Crippen LogP contribution in [0.1, 0.15) is 66.9 Å². The van der Waals surface area contributed by atoms with Gasteiger partial charge in [0.25, 0.3) is 0 Å². The number of carbonyl (C=O) groups is 4. The van der Waals surface area contributed by atoms with Gasteiger partial charge in [-0.15, -0.1) is 0 Å². The summed E-state index contributed by atoms with van der Waals surface area (Å²) in [5.74, 6) is -0.686. The third-order valence-electron chi connectivity index (χ3n) is 4.94. The van der Waals surface area contributed by atoms with Crippen molar-refractivity contribution >= 4 is 24.2 Å². The first-order valence-corrected chi connectivity index (χ1v) is 12.0. The second-order valence-corrected chi connectivity index (χ2v) is 10.6. The van der Waals surface area contributed by atoms with E-state index in [-0.39, 0.29) is 24.0 Å². The van der Waals surface area contributed by atoms with E-state index in [9.17, 15) is 24.3 Å². The van der Waals surface area contributed by atoms with E-state index in [0.717, 1.165) is 5.56 Å². The van der Waals surface area contributed by atoms with E-state index in [0.29, 0.717) is 19.1 Å². The van der Waals surface area contributed by atoms with Crippen molar-refractivity contribution in [1.82, 2.24) is 16.0 Å². The molecule has 196 valence electrons. The first-order valence-electron chi connectivity index (χ1n) is 12.0. The third-order valence-corrected chi connectivity index (χ3v) is 4.94. The van der Waals surface area contributed by atoms with Gasteiger partial charge in [0.05, 0.1) is 6.04 Å². The zero-order chi connectivity index (χ0) is 26.8. The van der Waals surface area contributed by atoms with Crippen molar-refractivity contribution in [2.24, 2.45) is 11.8 Å². The van der Waals surface area contributed by atoms with Crippen LogP contribution in [0.2, 0.25) is 0 Å². The van der Waals surface area contributed by atoms with Crippen molar-refractivity contribution in [1.29, 1.82) is 0 Å². The number of phenolic OH excluding ortho intramolecular Hbond substituents is 1. The first-order chi connectivity index (χ1) is 16.2. The van der Waals surface area contributed by atoms with E-state index in [4.69, 9.17) is 4.74 Å². The number of amides is 3. The number of phenols is 1. The Morgan fingerprint density at radius 2 is 1.37 bits per heavy atom. The van der Waals surface area contributed by atoms with Crippen LogP contribution < -0.4 is 16.0 Å². The number of carbonyl (C=O) groups excluding carboxylic acids is 4. The molecule has 0 fully saturated rings. The van der Waals surface area contributed by atoms with Gasteiger partial charge in [0.15, 0.2) is 0 Å². The molecule has 9 nitrogen and oxygen atoms in total. The van der Waals surface area contributed by atoms with Crippen molar-refractivity contribution < 1.29 is 29.0 Å². The highest BCUT2D eigenvalue weighted by atomic mass is 16.6. The number of benzene rings is 1. The normalized spacial score (nSPS) is 14.1. The largest absolute Gasteiger partial charge is 0.508 e. The summed E-state index contributed by atoms with van der Waals surface area (Å²) in [6, 6.07) is 3.78. The Hall–Kier alpha value is -3.10. The predicted molar refractivity (Wildman–Crippen MR) is 134 cm³/mol. The lowest BCUT2D eigenvalue weighted by atomic mass is 9.99. The van der Waals surface area contributed by atoms with Crippen molar-refractivity contribution in [3.63, 3.8) is 0 Å². The number of ether oxygens (including phenoxy) is 1. The second-order valence-electron chi connectivity index (χ2n) is 10.6. The molecule has 3 amide bonds. The minimum atomic E-state index is -0.889. The molecule has 0 saturated carbocycles. The molecular weight excluding hydrogens is 450 g/mol. The van der Waals surface area contributed by atoms with E-state index >= 15 is 0 Å². The van der Waals surface area contributed by atoms with E-state index in [1.54, 1.807) is 32.9 Å². The van der Waals surface area contributed by atoms with Crippen LogP contribution in [0.5, 0.6) is 5.75 Å². The maximum absolute atomic E-state index is 13.1. The molecular formula is C26H41N3O6. The van der Waals surface area contributed by atoms with Crippen LogP contribution in [-0.4, -0.2) is 53.0 Å². The van der Waals surface area contributed by atoms with Crippen LogP contribution in [0, 0.1) is 11.8 Å². The van der Waals surface area contributed by atoms with Gasteiger partial charge < -0.3 is 30.6 Å². The number of rotatable bonds is 12. The van der Waals surface area contributed by atoms with Crippen LogP contribution in [0.3, 0.4) is 0 Å². The highest BCUT2D eigenvalue weighted by Gasteiger charge is 2.30. The molecule has 0 aromatic heterocycles. The SMILES string of the molecule is CC(C)CC(NC(=O)[C@H](CC(C)C)NC(=O)OC(C)(C)C)C(=O)N[C@H](C=O)Cc1ccc(O)cc1. The second kappa shape index (κ2) is 13.7. The Labute approximate surface area is 208 Å². The molecule has 0 radical (unpaired) electrons. The number of aromatic hydroxyl groups is 1. The van der Waals surface area contributed by atoms with Crippen LogP contribution >= 0.6 is 0 Å². The Morgan fingerprint density at radius 3 is 1.83 bits per heavy atom. The van der Waals surface area contributed by atoms with Gasteiger partial charge in [-0.1, -0.05) is 39.8 Å². The van der Waals surface area contributed by atoms with Gasteiger partial charge in [0, 0.05) is 0 Å². The number of aldehydes is 1. The number of alkyl carbamates (subject to hydrolysis) is 1. The molecule has 0 aliphatic rings. The molecule has 0 aliphatic carbocycles. The predicted octanol–water partition coefficient (Wildman–Crippen LogP) is 3.09. The summed E-state index contributed by atoms with van der Waals surface area (Å²) < 4.78 is 5.28. The van der Waals surface area contributed by atoms with Crippen LogP contribution in [-0.2, 0) is 25.5 Å². The molecule has 1 rings (SSSR count). The monoisotopic (exact) mass is 491 g/mol. The van der Waals surface area contributed by atoms with Crippen LogP contribution in [0.4, 0.5) is 4.79 Å². The lowest BCUT2D eigenvalue weighted by Crippen LogP contribution is -2.56. The summed E-state index contributed by atoms with van der Waals surface area (Å²) in [6.07, 6.45) is 0.888. The topological polar surface area (TPSA) is 134 Å². The molecule has 3 atom stereocenters. The molecule has 9 heteroatoms. The van der Waals surface area contributed by atoms with Gasteiger partial charge in [-0.3, -0.25) is 9.59 Å². The van der Waals surface area contributed by atoms with Crippen molar-refractivity contribution in [2.75, 3.05) is 0 Å². The molecule has 4 N–H and O–H groups in total. The Morgan fingerprint density at radius 1 is 0.886 bits per heavy atom. The highest BCUT2D eigenvalue weighted by molar-refractivity contribution is 5.92. The molecule has 0 spiro atoms. The van der Waals surface area contributed by atoms with Gasteiger partial charge >= 0.3 is 6.09 Å². The molecule has 1 aromatic carbocycles. The molecule has 0 bridgehead atoms. The Bertz CT molecular complexity index is 846. The average molecular weight is 492 g/mol. The lowest BCUT2D eigenvalue weighted by molar-refractivity contribution is -0.131. The number of nitrogens with one attached hydrogen (secondary N) is 3. The molecule has 0 heterocycles. The van der Waals surface area contributed by atoms with Gasteiger partial charge in [-0.25, -0.2) is 4.79 Å². The van der Waals surface area contributed by atoms with Crippen LogP contribution in [0.25, 0.3) is 0 Å². The molecule has 1 unspecified atom stereocenters. The summed E-state index contributed by atoms with van der Waals surface area (Å²) >= 11 is 0. The Kier molecular flexibility index (Phi) is 11.7.